The second-order valence-corrected chi connectivity index (χ2v) is 5.44. The third-order valence-electron chi connectivity index (χ3n) is 3.03. The van der Waals surface area contributed by atoms with E-state index in [9.17, 15) is 14.3 Å². The van der Waals surface area contributed by atoms with E-state index in [2.05, 4.69) is 4.98 Å². The molecule has 3 aromatic rings. The molecule has 3 rings (SSSR count). The summed E-state index contributed by atoms with van der Waals surface area (Å²) in [6, 6.07) is 12.3. The van der Waals surface area contributed by atoms with Crippen LogP contribution in [0, 0.1) is 5.82 Å². The van der Waals surface area contributed by atoms with Crippen molar-refractivity contribution < 1.29 is 14.3 Å². The highest BCUT2D eigenvalue weighted by Crippen LogP contribution is 2.34. The van der Waals surface area contributed by atoms with Crippen LogP contribution in [-0.4, -0.2) is 16.4 Å². The lowest BCUT2D eigenvalue weighted by Crippen LogP contribution is -1.87. The lowest BCUT2D eigenvalue weighted by Gasteiger charge is -2.02. The summed E-state index contributed by atoms with van der Waals surface area (Å²) in [6.07, 6.45) is 2.06. The second kappa shape index (κ2) is 5.46. The number of aromatic nitrogens is 1. The minimum atomic E-state index is -0.815. The van der Waals surface area contributed by atoms with Crippen LogP contribution in [0.2, 0.25) is 0 Å². The Kier molecular flexibility index (Phi) is 3.50. The van der Waals surface area contributed by atoms with Crippen molar-refractivity contribution in [1.82, 2.24) is 4.98 Å². The number of benzene rings is 2. The number of halogens is 1. The molecule has 1 N–H and O–H groups in total. The molecule has 1 aromatic heterocycles. The van der Waals surface area contributed by atoms with Crippen molar-refractivity contribution in [3.63, 3.8) is 0 Å². The first-order chi connectivity index (χ1) is 10.2. The number of carbonyl (C=O) groups is 1. The van der Waals surface area contributed by atoms with E-state index in [-0.39, 0.29) is 5.56 Å². The van der Waals surface area contributed by atoms with Crippen LogP contribution in [0.1, 0.15) is 10.4 Å². The minimum Gasteiger partial charge on any atom is -0.504 e. The van der Waals surface area contributed by atoms with Gasteiger partial charge in [0.25, 0.3) is 0 Å². The van der Waals surface area contributed by atoms with Gasteiger partial charge in [-0.05, 0) is 17.7 Å². The van der Waals surface area contributed by atoms with E-state index in [1.54, 1.807) is 6.20 Å². The molecule has 0 atom stereocenters. The van der Waals surface area contributed by atoms with Crippen molar-refractivity contribution in [2.24, 2.45) is 0 Å². The molecule has 0 radical (unpaired) electrons. The van der Waals surface area contributed by atoms with Crippen molar-refractivity contribution >= 4 is 17.6 Å². The molecule has 3 nitrogen and oxygen atoms in total. The predicted octanol–water partition coefficient (Wildman–Crippen LogP) is 4.13. The summed E-state index contributed by atoms with van der Waals surface area (Å²) < 4.78 is 13.6. The Bertz CT molecular complexity index is 799. The fourth-order valence-electron chi connectivity index (χ4n) is 1.97. The molecule has 21 heavy (non-hydrogen) atoms. The van der Waals surface area contributed by atoms with E-state index < -0.39 is 11.6 Å². The van der Waals surface area contributed by atoms with Crippen LogP contribution in [0.25, 0.3) is 21.0 Å². The first kappa shape index (κ1) is 13.5. The number of phenolic OH excluding ortho intramolecular Hbond substituents is 1. The third-order valence-corrected chi connectivity index (χ3v) is 4.13. The summed E-state index contributed by atoms with van der Waals surface area (Å²) in [5.41, 5.74) is 1.43. The molecular formula is C16H10FNO2S. The predicted molar refractivity (Wildman–Crippen MR) is 80.0 cm³/mol. The van der Waals surface area contributed by atoms with Crippen LogP contribution in [0.15, 0.2) is 48.7 Å². The van der Waals surface area contributed by atoms with Gasteiger partial charge in [-0.1, -0.05) is 30.3 Å². The SMILES string of the molecule is O=Cc1cc(-c2cnc(-c3ccccc3)s2)cc(F)c1O. The van der Waals surface area contributed by atoms with E-state index >= 15 is 0 Å². The largest absolute Gasteiger partial charge is 0.504 e. The van der Waals surface area contributed by atoms with Crippen LogP contribution < -0.4 is 0 Å². The lowest BCUT2D eigenvalue weighted by atomic mass is 10.1. The van der Waals surface area contributed by atoms with Gasteiger partial charge in [0, 0.05) is 11.8 Å². The molecule has 5 heteroatoms. The standard InChI is InChI=1S/C16H10FNO2S/c17-13-7-11(6-12(9-19)15(13)20)14-8-18-16(21-14)10-4-2-1-3-5-10/h1-9,20H. The number of nitrogens with zero attached hydrogens (tertiary/aromatic N) is 1. The van der Waals surface area contributed by atoms with E-state index in [1.165, 1.54) is 23.5 Å². The summed E-state index contributed by atoms with van der Waals surface area (Å²) in [4.78, 5) is 15.9. The highest BCUT2D eigenvalue weighted by molar-refractivity contribution is 7.18. The van der Waals surface area contributed by atoms with Gasteiger partial charge in [-0.15, -0.1) is 11.3 Å². The van der Waals surface area contributed by atoms with Crippen molar-refractivity contribution in [1.29, 1.82) is 0 Å². The maximum absolute atomic E-state index is 13.6. The van der Waals surface area contributed by atoms with Crippen LogP contribution in [0.4, 0.5) is 4.39 Å². The number of rotatable bonds is 3. The van der Waals surface area contributed by atoms with Crippen LogP contribution in [0.3, 0.4) is 0 Å². The van der Waals surface area contributed by atoms with Crippen molar-refractivity contribution in [3.05, 3.63) is 60.0 Å². The fourth-order valence-corrected chi connectivity index (χ4v) is 2.88. The molecule has 0 spiro atoms. The Hall–Kier alpha value is -2.53. The molecule has 0 aliphatic carbocycles. The van der Waals surface area contributed by atoms with Crippen molar-refractivity contribution in [3.8, 4) is 26.8 Å². The molecule has 2 aromatic carbocycles. The summed E-state index contributed by atoms with van der Waals surface area (Å²) in [7, 11) is 0. The van der Waals surface area contributed by atoms with Crippen LogP contribution in [0.5, 0.6) is 5.75 Å². The van der Waals surface area contributed by atoms with E-state index in [0.29, 0.717) is 11.8 Å². The molecule has 1 heterocycles. The maximum Gasteiger partial charge on any atom is 0.166 e. The van der Waals surface area contributed by atoms with Gasteiger partial charge in [0.2, 0.25) is 0 Å². The molecule has 0 aliphatic rings. The Labute approximate surface area is 124 Å². The smallest absolute Gasteiger partial charge is 0.166 e. The number of thiazole rings is 1. The normalized spacial score (nSPS) is 10.5. The second-order valence-electron chi connectivity index (χ2n) is 4.41. The first-order valence-electron chi connectivity index (χ1n) is 6.18. The summed E-state index contributed by atoms with van der Waals surface area (Å²) >= 11 is 1.40. The highest BCUT2D eigenvalue weighted by Gasteiger charge is 2.13. The number of carbonyl (C=O) groups excluding carboxylic acids is 1. The summed E-state index contributed by atoms with van der Waals surface area (Å²) in [5.74, 6) is -1.44. The Balaban J connectivity index is 2.05. The lowest BCUT2D eigenvalue weighted by molar-refractivity contribution is 0.112. The highest BCUT2D eigenvalue weighted by atomic mass is 32.1. The molecule has 104 valence electrons. The Morgan fingerprint density at radius 1 is 1.14 bits per heavy atom. The summed E-state index contributed by atoms with van der Waals surface area (Å²) in [6.45, 7) is 0. The maximum atomic E-state index is 13.6. The molecule has 0 unspecified atom stereocenters. The number of hydrogen-bond acceptors (Lipinski definition) is 4. The van der Waals surface area contributed by atoms with Gasteiger partial charge in [-0.25, -0.2) is 9.37 Å². The zero-order valence-electron chi connectivity index (χ0n) is 10.8. The third kappa shape index (κ3) is 2.55. The summed E-state index contributed by atoms with van der Waals surface area (Å²) in [5, 5.41) is 10.2. The molecule has 0 saturated heterocycles. The molecule has 0 saturated carbocycles. The number of phenols is 1. The minimum absolute atomic E-state index is 0.0698. The van der Waals surface area contributed by atoms with Gasteiger partial charge in [-0.3, -0.25) is 4.79 Å². The van der Waals surface area contributed by atoms with Crippen molar-refractivity contribution in [2.45, 2.75) is 0 Å². The van der Waals surface area contributed by atoms with Gasteiger partial charge in [0.15, 0.2) is 17.9 Å². The topological polar surface area (TPSA) is 50.2 Å². The number of aromatic hydroxyl groups is 1. The average Bonchev–Trinajstić information content (AvgIpc) is 3.00. The molecule has 0 amide bonds. The molecule has 0 fully saturated rings. The van der Waals surface area contributed by atoms with Crippen LogP contribution >= 0.6 is 11.3 Å². The Morgan fingerprint density at radius 3 is 2.62 bits per heavy atom. The van der Waals surface area contributed by atoms with Gasteiger partial charge in [0.05, 0.1) is 10.4 Å². The molecule has 0 aliphatic heterocycles. The van der Waals surface area contributed by atoms with Gasteiger partial charge in [-0.2, -0.15) is 0 Å². The zero-order chi connectivity index (χ0) is 14.8. The molecule has 0 bridgehead atoms. The fraction of sp³-hybridized carbons (Fsp3) is 0. The van der Waals surface area contributed by atoms with E-state index in [4.69, 9.17) is 0 Å². The quantitative estimate of drug-likeness (QED) is 0.740. The van der Waals surface area contributed by atoms with Crippen molar-refractivity contribution in [2.75, 3.05) is 0 Å². The van der Waals surface area contributed by atoms with Gasteiger partial charge in [0.1, 0.15) is 5.01 Å². The van der Waals surface area contributed by atoms with E-state index in [1.807, 2.05) is 30.3 Å². The first-order valence-corrected chi connectivity index (χ1v) is 7.00. The number of hydrogen-bond donors (Lipinski definition) is 1. The monoisotopic (exact) mass is 299 g/mol. The van der Waals surface area contributed by atoms with Gasteiger partial charge < -0.3 is 5.11 Å². The average molecular weight is 299 g/mol. The number of aldehydes is 1. The van der Waals surface area contributed by atoms with Crippen LogP contribution in [-0.2, 0) is 0 Å². The molecular weight excluding hydrogens is 289 g/mol. The van der Waals surface area contributed by atoms with Gasteiger partial charge >= 0.3 is 0 Å². The van der Waals surface area contributed by atoms with E-state index in [0.717, 1.165) is 15.4 Å². The zero-order valence-corrected chi connectivity index (χ0v) is 11.6. The Morgan fingerprint density at radius 2 is 1.90 bits per heavy atom.